The summed E-state index contributed by atoms with van der Waals surface area (Å²) < 4.78 is 0. The molecule has 0 saturated carbocycles. The van der Waals surface area contributed by atoms with Crippen LogP contribution in [-0.2, 0) is 11.2 Å². The molecule has 0 fully saturated rings. The molecule has 0 spiro atoms. The van der Waals surface area contributed by atoms with Gasteiger partial charge in [0.05, 0.1) is 0 Å². The zero-order chi connectivity index (χ0) is 17.2. The van der Waals surface area contributed by atoms with E-state index < -0.39 is 6.03 Å². The van der Waals surface area contributed by atoms with Crippen molar-refractivity contribution in [3.8, 4) is 0 Å². The van der Waals surface area contributed by atoms with Crippen LogP contribution in [0.15, 0.2) is 24.3 Å². The molecule has 0 bridgehead atoms. The molecule has 1 aromatic carbocycles. The number of carbonyl (C=O) groups is 2. The van der Waals surface area contributed by atoms with Gasteiger partial charge in [0.15, 0.2) is 6.54 Å². The standard InChI is InChI=1S/C18H29N3O2/c1-5-11-19-18(23)21-16(22)12-20-17(13(3)4)15-9-7-14(6-2)8-10-15/h7-10,13,17,20H,5-6,11-12H2,1-4H3,(H2,19,21,22,23)/p+1/t17-/m0/s1. The van der Waals surface area contributed by atoms with Gasteiger partial charge in [0.25, 0.3) is 5.91 Å². The number of urea groups is 1. The van der Waals surface area contributed by atoms with Crippen LogP contribution < -0.4 is 16.0 Å². The first kappa shape index (κ1) is 19.2. The molecule has 0 saturated heterocycles. The van der Waals surface area contributed by atoms with E-state index in [-0.39, 0.29) is 18.5 Å². The minimum atomic E-state index is -0.418. The smallest absolute Gasteiger partial charge is 0.321 e. The molecule has 0 radical (unpaired) electrons. The molecule has 3 amide bonds. The number of benzene rings is 1. The summed E-state index contributed by atoms with van der Waals surface area (Å²) in [5.41, 5.74) is 2.52. The molecule has 0 aliphatic rings. The highest BCUT2D eigenvalue weighted by Gasteiger charge is 2.21. The van der Waals surface area contributed by atoms with Crippen molar-refractivity contribution in [3.05, 3.63) is 35.4 Å². The lowest BCUT2D eigenvalue weighted by atomic mass is 9.95. The Balaban J connectivity index is 2.56. The Morgan fingerprint density at radius 2 is 1.78 bits per heavy atom. The molecule has 128 valence electrons. The Morgan fingerprint density at radius 3 is 2.30 bits per heavy atom. The SMILES string of the molecule is CCCNC(=O)NC(=O)C[NH2+][C@H](c1ccc(CC)cc1)C(C)C. The van der Waals surface area contributed by atoms with Crippen molar-refractivity contribution in [2.45, 2.75) is 46.6 Å². The average Bonchev–Trinajstić information content (AvgIpc) is 2.53. The van der Waals surface area contributed by atoms with Crippen LogP contribution in [-0.4, -0.2) is 25.0 Å². The number of nitrogens with two attached hydrogens (primary N) is 1. The highest BCUT2D eigenvalue weighted by Crippen LogP contribution is 2.18. The average molecular weight is 320 g/mol. The largest absolute Gasteiger partial charge is 0.338 e. The van der Waals surface area contributed by atoms with E-state index in [9.17, 15) is 9.59 Å². The highest BCUT2D eigenvalue weighted by molar-refractivity contribution is 5.94. The molecule has 0 aliphatic heterocycles. The Hall–Kier alpha value is -1.88. The zero-order valence-corrected chi connectivity index (χ0v) is 14.7. The minimum Gasteiger partial charge on any atom is -0.338 e. The van der Waals surface area contributed by atoms with Crippen LogP contribution >= 0.6 is 0 Å². The lowest BCUT2D eigenvalue weighted by Gasteiger charge is -2.19. The maximum absolute atomic E-state index is 11.9. The number of hydrogen-bond donors (Lipinski definition) is 3. The van der Waals surface area contributed by atoms with E-state index in [2.05, 4.69) is 55.7 Å². The Kier molecular flexibility index (Phi) is 8.33. The molecule has 1 atom stereocenters. The lowest BCUT2D eigenvalue weighted by molar-refractivity contribution is -0.692. The summed E-state index contributed by atoms with van der Waals surface area (Å²) in [6.07, 6.45) is 1.86. The Labute approximate surface area is 139 Å². The number of imide groups is 1. The number of nitrogens with one attached hydrogen (secondary N) is 2. The molecule has 1 rings (SSSR count). The molecule has 0 unspecified atom stereocenters. The third-order valence-electron chi connectivity index (χ3n) is 3.84. The molecule has 23 heavy (non-hydrogen) atoms. The predicted molar refractivity (Wildman–Crippen MR) is 92.0 cm³/mol. The van der Waals surface area contributed by atoms with Crippen molar-refractivity contribution in [2.75, 3.05) is 13.1 Å². The van der Waals surface area contributed by atoms with Crippen LogP contribution in [0.1, 0.15) is 51.3 Å². The van der Waals surface area contributed by atoms with Crippen LogP contribution in [0.2, 0.25) is 0 Å². The van der Waals surface area contributed by atoms with E-state index in [1.165, 1.54) is 11.1 Å². The predicted octanol–water partition coefficient (Wildman–Crippen LogP) is 1.75. The normalized spacial score (nSPS) is 12.0. The Bertz CT molecular complexity index is 497. The summed E-state index contributed by atoms with van der Waals surface area (Å²) in [5, 5.41) is 6.99. The molecule has 0 heterocycles. The fourth-order valence-electron chi connectivity index (χ4n) is 2.46. The molecule has 4 N–H and O–H groups in total. The number of rotatable bonds is 8. The number of quaternary nitrogens is 1. The quantitative estimate of drug-likeness (QED) is 0.682. The Morgan fingerprint density at radius 1 is 1.13 bits per heavy atom. The van der Waals surface area contributed by atoms with E-state index in [1.807, 2.05) is 12.2 Å². The number of amides is 3. The molecular formula is C18H30N3O2+. The van der Waals surface area contributed by atoms with Crippen molar-refractivity contribution in [1.82, 2.24) is 10.6 Å². The van der Waals surface area contributed by atoms with Gasteiger partial charge in [-0.25, -0.2) is 4.79 Å². The van der Waals surface area contributed by atoms with Gasteiger partial charge in [-0.15, -0.1) is 0 Å². The van der Waals surface area contributed by atoms with Gasteiger partial charge >= 0.3 is 6.03 Å². The van der Waals surface area contributed by atoms with Gasteiger partial charge in [-0.1, -0.05) is 52.0 Å². The number of hydrogen-bond acceptors (Lipinski definition) is 2. The minimum absolute atomic E-state index is 0.199. The van der Waals surface area contributed by atoms with Crippen LogP contribution in [0.5, 0.6) is 0 Å². The fourth-order valence-corrected chi connectivity index (χ4v) is 2.46. The number of carbonyl (C=O) groups excluding carboxylic acids is 2. The van der Waals surface area contributed by atoms with Crippen LogP contribution in [0.3, 0.4) is 0 Å². The van der Waals surface area contributed by atoms with Gasteiger partial charge < -0.3 is 10.6 Å². The van der Waals surface area contributed by atoms with Gasteiger partial charge in [0, 0.05) is 18.0 Å². The third-order valence-corrected chi connectivity index (χ3v) is 3.84. The first-order valence-corrected chi connectivity index (χ1v) is 8.47. The van der Waals surface area contributed by atoms with E-state index in [4.69, 9.17) is 0 Å². The summed E-state index contributed by atoms with van der Waals surface area (Å²) in [6, 6.07) is 8.31. The van der Waals surface area contributed by atoms with Crippen molar-refractivity contribution < 1.29 is 14.9 Å². The molecule has 0 aliphatic carbocycles. The van der Waals surface area contributed by atoms with Gasteiger partial charge in [-0.05, 0) is 18.4 Å². The third kappa shape index (κ3) is 6.82. The second-order valence-corrected chi connectivity index (χ2v) is 6.11. The van der Waals surface area contributed by atoms with Gasteiger partial charge in [-0.2, -0.15) is 0 Å². The van der Waals surface area contributed by atoms with E-state index in [0.717, 1.165) is 12.8 Å². The lowest BCUT2D eigenvalue weighted by Crippen LogP contribution is -2.88. The monoisotopic (exact) mass is 320 g/mol. The van der Waals surface area contributed by atoms with E-state index >= 15 is 0 Å². The second-order valence-electron chi connectivity index (χ2n) is 6.11. The van der Waals surface area contributed by atoms with Crippen molar-refractivity contribution in [3.63, 3.8) is 0 Å². The first-order chi connectivity index (χ1) is 11.0. The summed E-state index contributed by atoms with van der Waals surface area (Å²) >= 11 is 0. The first-order valence-electron chi connectivity index (χ1n) is 8.47. The van der Waals surface area contributed by atoms with Crippen molar-refractivity contribution in [2.24, 2.45) is 5.92 Å². The fraction of sp³-hybridized carbons (Fsp3) is 0.556. The second kappa shape index (κ2) is 10.0. The molecular weight excluding hydrogens is 290 g/mol. The van der Waals surface area contributed by atoms with Gasteiger partial charge in [0.1, 0.15) is 6.04 Å². The summed E-state index contributed by atoms with van der Waals surface area (Å²) in [5.74, 6) is 0.124. The summed E-state index contributed by atoms with van der Waals surface area (Å²) in [7, 11) is 0. The van der Waals surface area contributed by atoms with Crippen LogP contribution in [0.25, 0.3) is 0 Å². The van der Waals surface area contributed by atoms with Gasteiger partial charge in [0.2, 0.25) is 0 Å². The molecule has 1 aromatic rings. The van der Waals surface area contributed by atoms with E-state index in [1.54, 1.807) is 0 Å². The molecule has 0 aromatic heterocycles. The van der Waals surface area contributed by atoms with Gasteiger partial charge in [-0.3, -0.25) is 10.1 Å². The topological polar surface area (TPSA) is 74.8 Å². The highest BCUT2D eigenvalue weighted by atomic mass is 16.2. The van der Waals surface area contributed by atoms with Crippen LogP contribution in [0, 0.1) is 5.92 Å². The van der Waals surface area contributed by atoms with Crippen molar-refractivity contribution in [1.29, 1.82) is 0 Å². The van der Waals surface area contributed by atoms with E-state index in [0.29, 0.717) is 12.5 Å². The van der Waals surface area contributed by atoms with Crippen molar-refractivity contribution >= 4 is 11.9 Å². The van der Waals surface area contributed by atoms with Crippen LogP contribution in [0.4, 0.5) is 4.79 Å². The molecule has 5 heteroatoms. The number of aryl methyl sites for hydroxylation is 1. The maximum atomic E-state index is 11.9. The molecule has 5 nitrogen and oxygen atoms in total. The maximum Gasteiger partial charge on any atom is 0.321 e. The summed E-state index contributed by atoms with van der Waals surface area (Å²) in [6.45, 7) is 9.18. The summed E-state index contributed by atoms with van der Waals surface area (Å²) in [4.78, 5) is 23.3. The zero-order valence-electron chi connectivity index (χ0n) is 14.7.